The van der Waals surface area contributed by atoms with E-state index in [1.165, 1.54) is 25.9 Å². The molecule has 0 spiro atoms. The second kappa shape index (κ2) is 11.8. The summed E-state index contributed by atoms with van der Waals surface area (Å²) in [7, 11) is 3.40. The van der Waals surface area contributed by atoms with E-state index in [1.807, 2.05) is 64.3 Å². The number of Topliss-reactive ketones (excluding diaryl/α,β-unsaturated/α-hetero) is 1. The highest BCUT2D eigenvalue weighted by Gasteiger charge is 2.29. The molecule has 5 rings (SSSR count). The predicted octanol–water partition coefficient (Wildman–Crippen LogP) is 4.81. The summed E-state index contributed by atoms with van der Waals surface area (Å²) in [6.07, 6.45) is 7.93. The maximum atomic E-state index is 13.2. The number of rotatable bonds is 8. The number of anilines is 1. The van der Waals surface area contributed by atoms with Crippen LogP contribution in [0.4, 0.5) is 10.5 Å². The molecule has 0 aliphatic carbocycles. The average molecular weight is 516 g/mol. The average Bonchev–Trinajstić information content (AvgIpc) is 3.68. The first-order chi connectivity index (χ1) is 18.5. The van der Waals surface area contributed by atoms with Crippen molar-refractivity contribution in [2.75, 3.05) is 51.8 Å². The van der Waals surface area contributed by atoms with Crippen molar-refractivity contribution >= 4 is 17.5 Å². The van der Waals surface area contributed by atoms with Gasteiger partial charge in [0.05, 0.1) is 19.9 Å². The van der Waals surface area contributed by atoms with Crippen molar-refractivity contribution in [3.63, 3.8) is 0 Å². The minimum atomic E-state index is -0.0653. The zero-order valence-electron chi connectivity index (χ0n) is 22.4. The van der Waals surface area contributed by atoms with E-state index >= 15 is 0 Å². The van der Waals surface area contributed by atoms with Gasteiger partial charge in [0, 0.05) is 55.6 Å². The Bertz CT molecular complexity index is 1220. The van der Waals surface area contributed by atoms with Crippen molar-refractivity contribution in [2.24, 2.45) is 5.92 Å². The van der Waals surface area contributed by atoms with Gasteiger partial charge in [0.1, 0.15) is 5.75 Å². The lowest BCUT2D eigenvalue weighted by atomic mass is 9.88. The van der Waals surface area contributed by atoms with E-state index in [1.54, 1.807) is 19.1 Å². The normalized spacial score (nSPS) is 16.5. The molecule has 3 aromatic rings. The van der Waals surface area contributed by atoms with Gasteiger partial charge in [-0.15, -0.1) is 0 Å². The van der Waals surface area contributed by atoms with Crippen LogP contribution >= 0.6 is 0 Å². The minimum Gasteiger partial charge on any atom is -0.497 e. The quantitative estimate of drug-likeness (QED) is 0.403. The zero-order chi connectivity index (χ0) is 26.5. The van der Waals surface area contributed by atoms with Crippen molar-refractivity contribution in [3.8, 4) is 16.9 Å². The smallest absolute Gasteiger partial charge is 0.324 e. The molecule has 0 unspecified atom stereocenters. The van der Waals surface area contributed by atoms with E-state index in [-0.39, 0.29) is 17.7 Å². The SMILES string of the molecule is COc1ccc(N(C)C(=O)N2CCC(C(=O)c3ccc(-c4cnn(CCN5CCCC5)c4)cc3)CC2)cc1. The Morgan fingerprint density at radius 1 is 0.921 bits per heavy atom. The monoisotopic (exact) mass is 515 g/mol. The van der Waals surface area contributed by atoms with Gasteiger partial charge in [-0.25, -0.2) is 4.79 Å². The number of carbonyl (C=O) groups excluding carboxylic acids is 2. The number of nitrogens with zero attached hydrogens (tertiary/aromatic N) is 5. The van der Waals surface area contributed by atoms with Crippen LogP contribution in [0, 0.1) is 5.92 Å². The molecule has 2 aliphatic rings. The van der Waals surface area contributed by atoms with Crippen LogP contribution < -0.4 is 9.64 Å². The summed E-state index contributed by atoms with van der Waals surface area (Å²) in [6.45, 7) is 5.47. The highest BCUT2D eigenvalue weighted by molar-refractivity contribution is 5.98. The number of benzene rings is 2. The third-order valence-electron chi connectivity index (χ3n) is 7.86. The van der Waals surface area contributed by atoms with Gasteiger partial charge in [-0.1, -0.05) is 24.3 Å². The number of ether oxygens (including phenoxy) is 1. The largest absolute Gasteiger partial charge is 0.497 e. The maximum absolute atomic E-state index is 13.2. The molecule has 200 valence electrons. The van der Waals surface area contributed by atoms with Crippen molar-refractivity contribution in [2.45, 2.75) is 32.2 Å². The van der Waals surface area contributed by atoms with Crippen LogP contribution in [0.25, 0.3) is 11.1 Å². The second-order valence-electron chi connectivity index (χ2n) is 10.3. The molecule has 0 atom stereocenters. The molecule has 0 saturated carbocycles. The highest BCUT2D eigenvalue weighted by atomic mass is 16.5. The fourth-order valence-electron chi connectivity index (χ4n) is 5.41. The molecule has 1 aromatic heterocycles. The van der Waals surface area contributed by atoms with E-state index in [0.29, 0.717) is 25.9 Å². The molecule has 3 heterocycles. The lowest BCUT2D eigenvalue weighted by Gasteiger charge is -2.34. The second-order valence-corrected chi connectivity index (χ2v) is 10.3. The zero-order valence-corrected chi connectivity index (χ0v) is 22.4. The first kappa shape index (κ1) is 26.0. The van der Waals surface area contributed by atoms with Crippen LogP contribution in [0.2, 0.25) is 0 Å². The van der Waals surface area contributed by atoms with Crippen LogP contribution in [0.5, 0.6) is 5.75 Å². The van der Waals surface area contributed by atoms with Crippen molar-refractivity contribution in [1.82, 2.24) is 19.6 Å². The molecule has 2 fully saturated rings. The van der Waals surface area contributed by atoms with E-state index < -0.39 is 0 Å². The number of hydrogen-bond acceptors (Lipinski definition) is 5. The molecule has 38 heavy (non-hydrogen) atoms. The third kappa shape index (κ3) is 5.91. The van der Waals surface area contributed by atoms with E-state index in [0.717, 1.165) is 41.2 Å². The van der Waals surface area contributed by atoms with Gasteiger partial charge in [-0.3, -0.25) is 14.4 Å². The molecule has 8 heteroatoms. The molecular formula is C30H37N5O3. The molecule has 2 aromatic carbocycles. The number of piperidine rings is 1. The van der Waals surface area contributed by atoms with Gasteiger partial charge < -0.3 is 14.5 Å². The molecule has 8 nitrogen and oxygen atoms in total. The molecule has 0 radical (unpaired) electrons. The first-order valence-corrected chi connectivity index (χ1v) is 13.6. The van der Waals surface area contributed by atoms with Crippen molar-refractivity contribution < 1.29 is 14.3 Å². The summed E-state index contributed by atoms with van der Waals surface area (Å²) >= 11 is 0. The summed E-state index contributed by atoms with van der Waals surface area (Å²) in [5, 5.41) is 4.53. The maximum Gasteiger partial charge on any atom is 0.324 e. The summed E-state index contributed by atoms with van der Waals surface area (Å²) in [4.78, 5) is 32.2. The topological polar surface area (TPSA) is 70.9 Å². The van der Waals surface area contributed by atoms with E-state index in [9.17, 15) is 9.59 Å². The Morgan fingerprint density at radius 3 is 2.26 bits per heavy atom. The van der Waals surface area contributed by atoms with Crippen LogP contribution in [0.3, 0.4) is 0 Å². The Kier molecular flexibility index (Phi) is 8.08. The predicted molar refractivity (Wildman–Crippen MR) is 149 cm³/mol. The molecular weight excluding hydrogens is 478 g/mol. The number of methoxy groups -OCH3 is 1. The fraction of sp³-hybridized carbons (Fsp3) is 0.433. The Morgan fingerprint density at radius 2 is 1.61 bits per heavy atom. The van der Waals surface area contributed by atoms with Gasteiger partial charge in [-0.05, 0) is 68.6 Å². The Hall–Kier alpha value is -3.65. The summed E-state index contributed by atoms with van der Waals surface area (Å²) in [6, 6.07) is 15.3. The van der Waals surface area contributed by atoms with Crippen LogP contribution in [-0.2, 0) is 6.54 Å². The Balaban J connectivity index is 1.12. The van der Waals surface area contributed by atoms with E-state index in [4.69, 9.17) is 4.74 Å². The van der Waals surface area contributed by atoms with Crippen molar-refractivity contribution in [1.29, 1.82) is 0 Å². The lowest BCUT2D eigenvalue weighted by molar-refractivity contribution is 0.0857. The number of aromatic nitrogens is 2. The van der Waals surface area contributed by atoms with Gasteiger partial charge >= 0.3 is 6.03 Å². The molecule has 0 bridgehead atoms. The lowest BCUT2D eigenvalue weighted by Crippen LogP contribution is -2.46. The van der Waals surface area contributed by atoms with Gasteiger partial charge in [-0.2, -0.15) is 5.10 Å². The van der Waals surface area contributed by atoms with E-state index in [2.05, 4.69) is 16.2 Å². The molecule has 2 aliphatic heterocycles. The summed E-state index contributed by atoms with van der Waals surface area (Å²) in [5.41, 5.74) is 3.68. The van der Waals surface area contributed by atoms with Crippen LogP contribution in [-0.4, -0.2) is 78.3 Å². The number of hydrogen-bond donors (Lipinski definition) is 0. The summed E-state index contributed by atoms with van der Waals surface area (Å²) in [5.74, 6) is 0.850. The number of amides is 2. The molecule has 0 N–H and O–H groups in total. The number of carbonyl (C=O) groups is 2. The highest BCUT2D eigenvalue weighted by Crippen LogP contribution is 2.26. The van der Waals surface area contributed by atoms with Gasteiger partial charge in [0.2, 0.25) is 0 Å². The fourth-order valence-corrected chi connectivity index (χ4v) is 5.41. The van der Waals surface area contributed by atoms with Gasteiger partial charge in [0.25, 0.3) is 0 Å². The van der Waals surface area contributed by atoms with Crippen molar-refractivity contribution in [3.05, 3.63) is 66.5 Å². The summed E-state index contributed by atoms with van der Waals surface area (Å²) < 4.78 is 7.21. The Labute approximate surface area is 224 Å². The third-order valence-corrected chi connectivity index (χ3v) is 7.86. The van der Waals surface area contributed by atoms with Crippen LogP contribution in [0.1, 0.15) is 36.0 Å². The molecule has 2 saturated heterocycles. The standard InChI is InChI=1S/C30H37N5O3/c1-32(27-9-11-28(38-2)12-10-27)30(37)34-17-13-25(14-18-34)29(36)24-7-5-23(6-8-24)26-21-31-35(22-26)20-19-33-15-3-4-16-33/h5-12,21-22,25H,3-4,13-20H2,1-2H3. The minimum absolute atomic E-state index is 0.0496. The van der Waals surface area contributed by atoms with Crippen LogP contribution in [0.15, 0.2) is 60.9 Å². The molecule has 2 amide bonds. The number of urea groups is 1. The number of ketones is 1. The van der Waals surface area contributed by atoms with Gasteiger partial charge in [0.15, 0.2) is 5.78 Å². The number of likely N-dealkylation sites (tertiary alicyclic amines) is 2. The first-order valence-electron chi connectivity index (χ1n) is 13.6.